The topological polar surface area (TPSA) is 78.9 Å². The Hall–Kier alpha value is -0.150. The van der Waals surface area contributed by atoms with Gasteiger partial charge in [0.1, 0.15) is 12.7 Å². The first-order chi connectivity index (χ1) is 7.13. The van der Waals surface area contributed by atoms with Gasteiger partial charge < -0.3 is 10.8 Å². The number of hydrogen-bond acceptors (Lipinski definition) is 7. The van der Waals surface area contributed by atoms with Gasteiger partial charge in [-0.1, -0.05) is 24.2 Å². The summed E-state index contributed by atoms with van der Waals surface area (Å²) in [6, 6.07) is -0.869. The molecule has 1 aliphatic rings. The Labute approximate surface area is 102 Å². The second-order valence-electron chi connectivity index (χ2n) is 2.73. The molecule has 0 spiro atoms. The van der Waals surface area contributed by atoms with Crippen molar-refractivity contribution in [2.45, 2.75) is 12.5 Å². The van der Waals surface area contributed by atoms with Crippen LogP contribution >= 0.6 is 36.1 Å². The second-order valence-corrected chi connectivity index (χ2v) is 5.42. The van der Waals surface area contributed by atoms with Crippen LogP contribution in [0.4, 0.5) is 0 Å². The van der Waals surface area contributed by atoms with Gasteiger partial charge >= 0.3 is 5.97 Å². The number of carbonyl (C=O) groups is 1. The van der Waals surface area contributed by atoms with Crippen molar-refractivity contribution < 1.29 is 9.90 Å². The van der Waals surface area contributed by atoms with Crippen molar-refractivity contribution >= 4 is 52.5 Å². The van der Waals surface area contributed by atoms with Crippen LogP contribution in [0.5, 0.6) is 0 Å². The summed E-state index contributed by atoms with van der Waals surface area (Å²) >= 11 is 7.69. The molecule has 8 heteroatoms. The van der Waals surface area contributed by atoms with Gasteiger partial charge in [0, 0.05) is 12.2 Å². The molecule has 0 saturated heterocycles. The van der Waals surface area contributed by atoms with Gasteiger partial charge in [0.2, 0.25) is 0 Å². The van der Waals surface area contributed by atoms with E-state index in [9.17, 15) is 4.79 Å². The number of nitrogens with zero attached hydrogens (tertiary/aromatic N) is 2. The molecular weight excluding hydrogens is 254 g/mol. The van der Waals surface area contributed by atoms with Crippen molar-refractivity contribution in [2.24, 2.45) is 10.7 Å². The highest BCUT2D eigenvalue weighted by Gasteiger charge is 2.22. The molecule has 0 fully saturated rings. The normalized spacial score (nSPS) is 18.6. The summed E-state index contributed by atoms with van der Waals surface area (Å²) < 4.78 is 1.95. The molecule has 0 saturated carbocycles. The van der Waals surface area contributed by atoms with Gasteiger partial charge in [-0.25, -0.2) is 0 Å². The molecule has 15 heavy (non-hydrogen) atoms. The quantitative estimate of drug-likeness (QED) is 0.542. The summed E-state index contributed by atoms with van der Waals surface area (Å²) in [5.74, 6) is -0.251. The maximum atomic E-state index is 10.5. The van der Waals surface area contributed by atoms with Crippen LogP contribution in [0.25, 0.3) is 0 Å². The van der Waals surface area contributed by atoms with Crippen molar-refractivity contribution in [3.63, 3.8) is 0 Å². The van der Waals surface area contributed by atoms with Crippen LogP contribution in [-0.2, 0) is 4.79 Å². The molecule has 1 unspecified atom stereocenters. The molecule has 0 radical (unpaired) electrons. The molecule has 0 aliphatic carbocycles. The average Bonchev–Trinajstić information content (AvgIpc) is 2.62. The second kappa shape index (κ2) is 6.44. The van der Waals surface area contributed by atoms with E-state index in [0.717, 1.165) is 10.8 Å². The lowest BCUT2D eigenvalue weighted by molar-refractivity contribution is -0.138. The smallest absolute Gasteiger partial charge is 0.320 e. The van der Waals surface area contributed by atoms with Gasteiger partial charge in [0.15, 0.2) is 0 Å². The molecule has 1 heterocycles. The minimum Gasteiger partial charge on any atom is -0.480 e. The SMILES string of the molecule is NC(CC1=NCN(SCC=S)S1)C(=O)O. The number of carboxylic acids is 1. The largest absolute Gasteiger partial charge is 0.480 e. The van der Waals surface area contributed by atoms with Crippen LogP contribution in [-0.4, -0.2) is 43.7 Å². The zero-order valence-corrected chi connectivity index (χ0v) is 10.3. The Kier molecular flexibility index (Phi) is 5.54. The minimum atomic E-state index is -0.997. The molecule has 0 bridgehead atoms. The zero-order valence-electron chi connectivity index (χ0n) is 7.83. The first kappa shape index (κ1) is 12.9. The Balaban J connectivity index is 2.29. The Morgan fingerprint density at radius 2 is 2.67 bits per heavy atom. The monoisotopic (exact) mass is 265 g/mol. The molecule has 0 amide bonds. The van der Waals surface area contributed by atoms with Gasteiger partial charge in [-0.05, 0) is 17.3 Å². The molecule has 1 aliphatic heterocycles. The average molecular weight is 265 g/mol. The first-order valence-corrected chi connectivity index (χ1v) is 6.36. The number of hydrogen-bond donors (Lipinski definition) is 2. The summed E-state index contributed by atoms with van der Waals surface area (Å²) in [4.78, 5) is 14.7. The van der Waals surface area contributed by atoms with Crippen molar-refractivity contribution in [1.82, 2.24) is 3.71 Å². The highest BCUT2D eigenvalue weighted by atomic mass is 32.2. The minimum absolute atomic E-state index is 0.286. The molecule has 3 N–H and O–H groups in total. The van der Waals surface area contributed by atoms with E-state index in [0.29, 0.717) is 6.67 Å². The van der Waals surface area contributed by atoms with Gasteiger partial charge in [-0.3, -0.25) is 9.79 Å². The van der Waals surface area contributed by atoms with E-state index < -0.39 is 12.0 Å². The van der Waals surface area contributed by atoms with Crippen LogP contribution in [0.3, 0.4) is 0 Å². The summed E-state index contributed by atoms with van der Waals surface area (Å²) in [5.41, 5.74) is 5.40. The molecule has 1 atom stereocenters. The predicted octanol–water partition coefficient (Wildman–Crippen LogP) is 0.756. The number of carboxylic acid groups (broad SMARTS) is 1. The highest BCUT2D eigenvalue weighted by Crippen LogP contribution is 2.29. The Morgan fingerprint density at radius 1 is 1.93 bits per heavy atom. The summed E-state index contributed by atoms with van der Waals surface area (Å²) in [5, 5.41) is 11.0. The summed E-state index contributed by atoms with van der Waals surface area (Å²) in [6.45, 7) is 0.556. The van der Waals surface area contributed by atoms with E-state index >= 15 is 0 Å². The number of thiocarbonyl (C=S) groups is 1. The summed E-state index contributed by atoms with van der Waals surface area (Å²) in [7, 11) is 0. The number of aliphatic carboxylic acids is 1. The molecule has 0 aromatic rings. The van der Waals surface area contributed by atoms with Crippen molar-refractivity contribution in [1.29, 1.82) is 0 Å². The van der Waals surface area contributed by atoms with E-state index in [2.05, 4.69) is 4.99 Å². The van der Waals surface area contributed by atoms with Crippen LogP contribution in [0.2, 0.25) is 0 Å². The fourth-order valence-corrected chi connectivity index (χ4v) is 2.79. The van der Waals surface area contributed by atoms with E-state index in [4.69, 9.17) is 23.1 Å². The third kappa shape index (κ3) is 4.47. The van der Waals surface area contributed by atoms with E-state index in [1.54, 1.807) is 17.3 Å². The van der Waals surface area contributed by atoms with Gasteiger partial charge in [-0.15, -0.1) is 0 Å². The lowest BCUT2D eigenvalue weighted by atomic mass is 10.2. The molecular formula is C7H11N3O2S3. The third-order valence-corrected chi connectivity index (χ3v) is 4.03. The van der Waals surface area contributed by atoms with Crippen LogP contribution < -0.4 is 5.73 Å². The standard InChI is InChI=1S/C7H11N3O2S3/c8-5(7(11)12)3-6-9-4-10(15-6)14-2-1-13/h1,5H,2-4,8H2,(H,11,12). The molecule has 5 nitrogen and oxygen atoms in total. The predicted molar refractivity (Wildman–Crippen MR) is 68.1 cm³/mol. The van der Waals surface area contributed by atoms with Crippen LogP contribution in [0.15, 0.2) is 4.99 Å². The molecule has 1 rings (SSSR count). The third-order valence-electron chi connectivity index (χ3n) is 1.57. The molecule has 84 valence electrons. The lowest BCUT2D eigenvalue weighted by Crippen LogP contribution is -2.31. The van der Waals surface area contributed by atoms with E-state index in [1.165, 1.54) is 11.9 Å². The van der Waals surface area contributed by atoms with E-state index in [1.807, 2.05) is 3.71 Å². The molecule has 0 aromatic heterocycles. The van der Waals surface area contributed by atoms with Crippen LogP contribution in [0.1, 0.15) is 6.42 Å². The first-order valence-electron chi connectivity index (χ1n) is 4.17. The van der Waals surface area contributed by atoms with Crippen LogP contribution in [0, 0.1) is 0 Å². The lowest BCUT2D eigenvalue weighted by Gasteiger charge is -2.10. The number of rotatable bonds is 6. The summed E-state index contributed by atoms with van der Waals surface area (Å²) in [6.07, 6.45) is 0.286. The fourth-order valence-electron chi connectivity index (χ4n) is 0.870. The van der Waals surface area contributed by atoms with Gasteiger partial charge in [-0.2, -0.15) is 3.71 Å². The Bertz CT molecular complexity index is 285. The van der Waals surface area contributed by atoms with Crippen molar-refractivity contribution in [2.75, 3.05) is 12.4 Å². The van der Waals surface area contributed by atoms with Gasteiger partial charge in [0.25, 0.3) is 0 Å². The van der Waals surface area contributed by atoms with E-state index in [-0.39, 0.29) is 6.42 Å². The molecule has 0 aromatic carbocycles. The maximum Gasteiger partial charge on any atom is 0.320 e. The Morgan fingerprint density at radius 3 is 3.27 bits per heavy atom. The maximum absolute atomic E-state index is 10.5. The highest BCUT2D eigenvalue weighted by molar-refractivity contribution is 8.21. The zero-order chi connectivity index (χ0) is 11.3. The van der Waals surface area contributed by atoms with Crippen molar-refractivity contribution in [3.8, 4) is 0 Å². The van der Waals surface area contributed by atoms with Gasteiger partial charge in [0.05, 0.1) is 5.04 Å². The fraction of sp³-hybridized carbons (Fsp3) is 0.571. The number of aliphatic imine (C=N–C) groups is 1. The van der Waals surface area contributed by atoms with Crippen molar-refractivity contribution in [3.05, 3.63) is 0 Å². The number of nitrogens with two attached hydrogens (primary N) is 1.